The van der Waals surface area contributed by atoms with Gasteiger partial charge in [0.25, 0.3) is 0 Å². The molecule has 2 aromatic carbocycles. The Morgan fingerprint density at radius 3 is 2.44 bits per heavy atom. The second kappa shape index (κ2) is 5.32. The Balaban J connectivity index is 2.57. The van der Waals surface area contributed by atoms with Crippen LogP contribution in [0, 0.1) is 19.7 Å². The van der Waals surface area contributed by atoms with E-state index in [1.807, 2.05) is 13.1 Å². The Kier molecular flexibility index (Phi) is 3.78. The molecule has 18 heavy (non-hydrogen) atoms. The van der Waals surface area contributed by atoms with Crippen LogP contribution in [0.4, 0.5) is 4.39 Å². The normalized spacial score (nSPS) is 10.7. The summed E-state index contributed by atoms with van der Waals surface area (Å²) in [5, 5.41) is 3.12. The molecule has 0 radical (unpaired) electrons. The van der Waals surface area contributed by atoms with Crippen LogP contribution in [-0.2, 0) is 6.54 Å². The highest BCUT2D eigenvalue weighted by Crippen LogP contribution is 2.28. The molecule has 0 aliphatic heterocycles. The molecule has 0 spiro atoms. The summed E-state index contributed by atoms with van der Waals surface area (Å²) >= 11 is 0. The molecule has 0 heterocycles. The monoisotopic (exact) mass is 243 g/mol. The molecule has 94 valence electrons. The van der Waals surface area contributed by atoms with Gasteiger partial charge < -0.3 is 5.32 Å². The number of rotatable bonds is 3. The third-order valence-electron chi connectivity index (χ3n) is 3.11. The van der Waals surface area contributed by atoms with Gasteiger partial charge in [-0.25, -0.2) is 4.39 Å². The summed E-state index contributed by atoms with van der Waals surface area (Å²) in [7, 11) is 1.90. The molecule has 0 aliphatic carbocycles. The first-order valence-electron chi connectivity index (χ1n) is 6.12. The first-order valence-corrected chi connectivity index (χ1v) is 6.12. The summed E-state index contributed by atoms with van der Waals surface area (Å²) < 4.78 is 13.5. The lowest BCUT2D eigenvalue weighted by Gasteiger charge is -2.12. The van der Waals surface area contributed by atoms with Crippen molar-refractivity contribution in [2.75, 3.05) is 7.05 Å². The summed E-state index contributed by atoms with van der Waals surface area (Å²) in [4.78, 5) is 0. The van der Waals surface area contributed by atoms with Crippen molar-refractivity contribution in [2.24, 2.45) is 0 Å². The maximum absolute atomic E-state index is 13.5. The molecule has 1 N–H and O–H groups in total. The van der Waals surface area contributed by atoms with Crippen molar-refractivity contribution in [3.8, 4) is 11.1 Å². The van der Waals surface area contributed by atoms with Crippen molar-refractivity contribution in [2.45, 2.75) is 20.4 Å². The molecule has 0 fully saturated rings. The quantitative estimate of drug-likeness (QED) is 0.864. The van der Waals surface area contributed by atoms with E-state index >= 15 is 0 Å². The lowest BCUT2D eigenvalue weighted by Crippen LogP contribution is -2.07. The van der Waals surface area contributed by atoms with Gasteiger partial charge in [-0.3, -0.25) is 0 Å². The van der Waals surface area contributed by atoms with Gasteiger partial charge >= 0.3 is 0 Å². The predicted octanol–water partition coefficient (Wildman–Crippen LogP) is 3.83. The molecule has 2 rings (SSSR count). The first-order chi connectivity index (χ1) is 8.61. The van der Waals surface area contributed by atoms with Crippen molar-refractivity contribution in [3.05, 3.63) is 58.9 Å². The predicted molar refractivity (Wildman–Crippen MR) is 74.1 cm³/mol. The molecule has 2 aromatic rings. The van der Waals surface area contributed by atoms with Crippen LogP contribution in [0.2, 0.25) is 0 Å². The standard InChI is InChI=1S/C16H18FN/c1-11-4-7-15(12(2)8-11)16-9-14(17)6-5-13(16)10-18-3/h4-9,18H,10H2,1-3H3. The van der Waals surface area contributed by atoms with Crippen LogP contribution in [0.25, 0.3) is 11.1 Å². The van der Waals surface area contributed by atoms with E-state index in [0.717, 1.165) is 23.2 Å². The van der Waals surface area contributed by atoms with Gasteiger partial charge in [-0.1, -0.05) is 29.8 Å². The number of hydrogen-bond acceptors (Lipinski definition) is 1. The average molecular weight is 243 g/mol. The van der Waals surface area contributed by atoms with Crippen LogP contribution >= 0.6 is 0 Å². The number of aryl methyl sites for hydroxylation is 2. The fourth-order valence-electron chi connectivity index (χ4n) is 2.26. The van der Waals surface area contributed by atoms with Crippen LogP contribution in [0.1, 0.15) is 16.7 Å². The molecule has 1 nitrogen and oxygen atoms in total. The smallest absolute Gasteiger partial charge is 0.123 e. The Hall–Kier alpha value is -1.67. The maximum Gasteiger partial charge on any atom is 0.123 e. The highest BCUT2D eigenvalue weighted by atomic mass is 19.1. The second-order valence-electron chi connectivity index (χ2n) is 4.65. The van der Waals surface area contributed by atoms with Crippen molar-refractivity contribution in [3.63, 3.8) is 0 Å². The molecule has 0 saturated carbocycles. The first kappa shape index (κ1) is 12.8. The minimum Gasteiger partial charge on any atom is -0.316 e. The summed E-state index contributed by atoms with van der Waals surface area (Å²) in [5.41, 5.74) is 5.60. The maximum atomic E-state index is 13.5. The molecule has 0 aromatic heterocycles. The molecular formula is C16H18FN. The van der Waals surface area contributed by atoms with E-state index < -0.39 is 0 Å². The van der Waals surface area contributed by atoms with Crippen LogP contribution < -0.4 is 5.32 Å². The van der Waals surface area contributed by atoms with E-state index in [1.54, 1.807) is 6.07 Å². The molecule has 2 heteroatoms. The minimum absolute atomic E-state index is 0.190. The van der Waals surface area contributed by atoms with Gasteiger partial charge in [0, 0.05) is 6.54 Å². The highest BCUT2D eigenvalue weighted by molar-refractivity contribution is 5.71. The Bertz CT molecular complexity index is 561. The fraction of sp³-hybridized carbons (Fsp3) is 0.250. The van der Waals surface area contributed by atoms with Crippen molar-refractivity contribution in [1.29, 1.82) is 0 Å². The van der Waals surface area contributed by atoms with Crippen LogP contribution in [0.15, 0.2) is 36.4 Å². The SMILES string of the molecule is CNCc1ccc(F)cc1-c1ccc(C)cc1C. The lowest BCUT2D eigenvalue weighted by molar-refractivity contribution is 0.627. The molecule has 0 amide bonds. The van der Waals surface area contributed by atoms with Crippen molar-refractivity contribution in [1.82, 2.24) is 5.32 Å². The zero-order valence-electron chi connectivity index (χ0n) is 11.0. The molecule has 0 unspecified atom stereocenters. The lowest BCUT2D eigenvalue weighted by atomic mass is 9.94. The number of benzene rings is 2. The van der Waals surface area contributed by atoms with E-state index in [4.69, 9.17) is 0 Å². The van der Waals surface area contributed by atoms with Crippen LogP contribution in [0.3, 0.4) is 0 Å². The second-order valence-corrected chi connectivity index (χ2v) is 4.65. The van der Waals surface area contributed by atoms with E-state index in [-0.39, 0.29) is 5.82 Å². The zero-order chi connectivity index (χ0) is 13.1. The van der Waals surface area contributed by atoms with Gasteiger partial charge in [0.1, 0.15) is 5.82 Å². The minimum atomic E-state index is -0.190. The van der Waals surface area contributed by atoms with Crippen LogP contribution in [-0.4, -0.2) is 7.05 Å². The topological polar surface area (TPSA) is 12.0 Å². The number of hydrogen-bond donors (Lipinski definition) is 1. The Morgan fingerprint density at radius 1 is 1.00 bits per heavy atom. The molecule has 0 atom stereocenters. The van der Waals surface area contributed by atoms with Crippen molar-refractivity contribution >= 4 is 0 Å². The summed E-state index contributed by atoms with van der Waals surface area (Å²) in [5.74, 6) is -0.190. The highest BCUT2D eigenvalue weighted by Gasteiger charge is 2.08. The third-order valence-corrected chi connectivity index (χ3v) is 3.11. The zero-order valence-corrected chi connectivity index (χ0v) is 11.0. The summed E-state index contributed by atoms with van der Waals surface area (Å²) in [6, 6.07) is 11.2. The van der Waals surface area contributed by atoms with Gasteiger partial charge in [0.15, 0.2) is 0 Å². The fourth-order valence-corrected chi connectivity index (χ4v) is 2.26. The Morgan fingerprint density at radius 2 is 1.78 bits per heavy atom. The van der Waals surface area contributed by atoms with E-state index in [2.05, 4.69) is 37.4 Å². The molecular weight excluding hydrogens is 225 g/mol. The molecule has 0 saturated heterocycles. The summed E-state index contributed by atoms with van der Waals surface area (Å²) in [6.07, 6.45) is 0. The van der Waals surface area contributed by atoms with E-state index in [0.29, 0.717) is 0 Å². The molecule has 0 aliphatic rings. The van der Waals surface area contributed by atoms with E-state index in [9.17, 15) is 4.39 Å². The average Bonchev–Trinajstić information content (AvgIpc) is 2.32. The van der Waals surface area contributed by atoms with Crippen molar-refractivity contribution < 1.29 is 4.39 Å². The molecule has 0 bridgehead atoms. The van der Waals surface area contributed by atoms with Crippen LogP contribution in [0.5, 0.6) is 0 Å². The van der Waals surface area contributed by atoms with Gasteiger partial charge in [0.2, 0.25) is 0 Å². The number of nitrogens with one attached hydrogen (secondary N) is 1. The number of halogens is 1. The van der Waals surface area contributed by atoms with Gasteiger partial charge in [0.05, 0.1) is 0 Å². The summed E-state index contributed by atoms with van der Waals surface area (Å²) in [6.45, 7) is 4.87. The van der Waals surface area contributed by atoms with Gasteiger partial charge in [-0.05, 0) is 55.3 Å². The Labute approximate surface area is 108 Å². The third kappa shape index (κ3) is 2.59. The van der Waals surface area contributed by atoms with E-state index in [1.165, 1.54) is 17.2 Å². The van der Waals surface area contributed by atoms with Gasteiger partial charge in [-0.15, -0.1) is 0 Å². The largest absolute Gasteiger partial charge is 0.316 e. The van der Waals surface area contributed by atoms with Gasteiger partial charge in [-0.2, -0.15) is 0 Å².